The number of aromatic nitrogens is 2. The fourth-order valence-electron chi connectivity index (χ4n) is 2.62. The standard InChI is InChI=1S/C18H19N3O3S/c1-21(2)16-7-5-4-6-13(16)11-25(23)18-19-14-9-8-12(17(22)24-3)10-15(14)20-18/h4-10H,11H2,1-3H3,(H,19,20). The summed E-state index contributed by atoms with van der Waals surface area (Å²) in [6.07, 6.45) is 0. The molecule has 0 saturated carbocycles. The minimum absolute atomic E-state index is 0.359. The van der Waals surface area contributed by atoms with Gasteiger partial charge in [-0.25, -0.2) is 9.78 Å². The van der Waals surface area contributed by atoms with E-state index in [4.69, 9.17) is 4.74 Å². The number of rotatable bonds is 5. The third-order valence-corrected chi connectivity index (χ3v) is 5.05. The van der Waals surface area contributed by atoms with Crippen molar-refractivity contribution >= 4 is 33.5 Å². The molecule has 3 aromatic rings. The summed E-state index contributed by atoms with van der Waals surface area (Å²) < 4.78 is 17.5. The highest BCUT2D eigenvalue weighted by atomic mass is 32.2. The number of imidazole rings is 1. The predicted octanol–water partition coefficient (Wildman–Crippen LogP) is 2.72. The first-order chi connectivity index (χ1) is 12.0. The molecule has 1 heterocycles. The molecule has 0 bridgehead atoms. The van der Waals surface area contributed by atoms with E-state index in [1.165, 1.54) is 7.11 Å². The van der Waals surface area contributed by atoms with Gasteiger partial charge in [-0.3, -0.25) is 4.21 Å². The van der Waals surface area contributed by atoms with Crippen molar-refractivity contribution < 1.29 is 13.7 Å². The number of carbonyl (C=O) groups is 1. The van der Waals surface area contributed by atoms with E-state index in [1.807, 2.05) is 43.3 Å². The van der Waals surface area contributed by atoms with Gasteiger partial charge >= 0.3 is 5.97 Å². The van der Waals surface area contributed by atoms with Crippen LogP contribution in [0, 0.1) is 0 Å². The van der Waals surface area contributed by atoms with Crippen LogP contribution in [0.2, 0.25) is 0 Å². The van der Waals surface area contributed by atoms with Gasteiger partial charge in [0.15, 0.2) is 5.16 Å². The molecule has 0 spiro atoms. The Morgan fingerprint density at radius 3 is 2.72 bits per heavy atom. The van der Waals surface area contributed by atoms with Gasteiger partial charge in [0.2, 0.25) is 0 Å². The van der Waals surface area contributed by atoms with Gasteiger partial charge in [0.1, 0.15) is 0 Å². The van der Waals surface area contributed by atoms with Crippen molar-refractivity contribution in [3.63, 3.8) is 0 Å². The van der Waals surface area contributed by atoms with E-state index in [-0.39, 0.29) is 0 Å². The molecule has 0 fully saturated rings. The van der Waals surface area contributed by atoms with Gasteiger partial charge in [-0.2, -0.15) is 0 Å². The number of aromatic amines is 1. The minimum Gasteiger partial charge on any atom is -0.465 e. The molecule has 3 rings (SSSR count). The maximum absolute atomic E-state index is 12.7. The summed E-state index contributed by atoms with van der Waals surface area (Å²) >= 11 is 0. The van der Waals surface area contributed by atoms with E-state index >= 15 is 0 Å². The number of esters is 1. The third-order valence-electron chi connectivity index (χ3n) is 3.86. The number of methoxy groups -OCH3 is 1. The molecule has 0 aliphatic carbocycles. The highest BCUT2D eigenvalue weighted by Crippen LogP contribution is 2.22. The van der Waals surface area contributed by atoms with Gasteiger partial charge in [0, 0.05) is 19.8 Å². The van der Waals surface area contributed by atoms with Gasteiger partial charge in [0.05, 0.1) is 40.3 Å². The zero-order valence-electron chi connectivity index (χ0n) is 14.3. The zero-order chi connectivity index (χ0) is 18.0. The van der Waals surface area contributed by atoms with Crippen molar-refractivity contribution in [2.75, 3.05) is 26.1 Å². The quantitative estimate of drug-likeness (QED) is 0.711. The number of ether oxygens (including phenoxy) is 1. The third kappa shape index (κ3) is 3.56. The lowest BCUT2D eigenvalue weighted by molar-refractivity contribution is 0.0601. The summed E-state index contributed by atoms with van der Waals surface area (Å²) in [5.41, 5.74) is 3.76. The molecule has 0 amide bonds. The summed E-state index contributed by atoms with van der Waals surface area (Å²) in [5, 5.41) is 0.394. The molecule has 130 valence electrons. The number of hydrogen-bond acceptors (Lipinski definition) is 5. The van der Waals surface area contributed by atoms with Crippen LogP contribution in [0.1, 0.15) is 15.9 Å². The summed E-state index contributed by atoms with van der Waals surface area (Å²) in [4.78, 5) is 21.1. The van der Waals surface area contributed by atoms with E-state index in [0.29, 0.717) is 27.5 Å². The molecule has 1 aromatic heterocycles. The highest BCUT2D eigenvalue weighted by Gasteiger charge is 2.15. The predicted molar refractivity (Wildman–Crippen MR) is 98.3 cm³/mol. The Morgan fingerprint density at radius 2 is 2.00 bits per heavy atom. The summed E-state index contributed by atoms with van der Waals surface area (Å²) in [6.45, 7) is 0. The molecule has 25 heavy (non-hydrogen) atoms. The number of carbonyl (C=O) groups excluding carboxylic acids is 1. The molecular formula is C18H19N3O3S. The largest absolute Gasteiger partial charge is 0.465 e. The van der Waals surface area contributed by atoms with Crippen molar-refractivity contribution in [3.8, 4) is 0 Å². The van der Waals surface area contributed by atoms with E-state index < -0.39 is 16.8 Å². The van der Waals surface area contributed by atoms with Gasteiger partial charge in [-0.15, -0.1) is 0 Å². The Bertz CT molecular complexity index is 950. The van der Waals surface area contributed by atoms with Crippen LogP contribution in [-0.4, -0.2) is 41.4 Å². The van der Waals surface area contributed by atoms with E-state index in [0.717, 1.165) is 11.3 Å². The number of nitrogens with zero attached hydrogens (tertiary/aromatic N) is 2. The average Bonchev–Trinajstić information content (AvgIpc) is 3.04. The van der Waals surface area contributed by atoms with Gasteiger partial charge in [-0.05, 0) is 29.8 Å². The lowest BCUT2D eigenvalue weighted by Crippen LogP contribution is -2.12. The number of H-pyrrole nitrogens is 1. The molecule has 1 unspecified atom stereocenters. The molecule has 0 radical (unpaired) electrons. The first kappa shape index (κ1) is 17.2. The molecule has 1 atom stereocenters. The summed E-state index contributed by atoms with van der Waals surface area (Å²) in [5.74, 6) is -0.0584. The topological polar surface area (TPSA) is 75.3 Å². The van der Waals surface area contributed by atoms with Gasteiger partial charge in [-0.1, -0.05) is 18.2 Å². The molecule has 1 N–H and O–H groups in total. The Labute approximate surface area is 148 Å². The number of anilines is 1. The molecule has 0 saturated heterocycles. The van der Waals surface area contributed by atoms with Crippen molar-refractivity contribution in [1.82, 2.24) is 9.97 Å². The number of fused-ring (bicyclic) bond motifs is 1. The average molecular weight is 357 g/mol. The molecule has 0 aliphatic rings. The van der Waals surface area contributed by atoms with Crippen LogP contribution in [-0.2, 0) is 21.3 Å². The van der Waals surface area contributed by atoms with Crippen molar-refractivity contribution in [3.05, 3.63) is 53.6 Å². The van der Waals surface area contributed by atoms with E-state index in [1.54, 1.807) is 18.2 Å². The van der Waals surface area contributed by atoms with Crippen LogP contribution in [0.25, 0.3) is 11.0 Å². The summed E-state index contributed by atoms with van der Waals surface area (Å²) in [6, 6.07) is 12.9. The van der Waals surface area contributed by atoms with E-state index in [2.05, 4.69) is 9.97 Å². The lowest BCUT2D eigenvalue weighted by atomic mass is 10.2. The fraction of sp³-hybridized carbons (Fsp3) is 0.222. The molecule has 0 aliphatic heterocycles. The maximum Gasteiger partial charge on any atom is 0.337 e. The molecule has 7 heteroatoms. The highest BCUT2D eigenvalue weighted by molar-refractivity contribution is 7.84. The first-order valence-corrected chi connectivity index (χ1v) is 9.03. The monoisotopic (exact) mass is 357 g/mol. The smallest absolute Gasteiger partial charge is 0.337 e. The van der Waals surface area contributed by atoms with Gasteiger partial charge < -0.3 is 14.6 Å². The molecule has 6 nitrogen and oxygen atoms in total. The van der Waals surface area contributed by atoms with Crippen molar-refractivity contribution in [1.29, 1.82) is 0 Å². The second-order valence-electron chi connectivity index (χ2n) is 5.78. The second-order valence-corrected chi connectivity index (χ2v) is 7.14. The van der Waals surface area contributed by atoms with Crippen LogP contribution >= 0.6 is 0 Å². The Morgan fingerprint density at radius 1 is 1.24 bits per heavy atom. The Balaban J connectivity index is 1.89. The van der Waals surface area contributed by atoms with Crippen LogP contribution < -0.4 is 4.90 Å². The SMILES string of the molecule is COC(=O)c1ccc2nc(S(=O)Cc3ccccc3N(C)C)[nH]c2c1. The van der Waals surface area contributed by atoms with E-state index in [9.17, 15) is 9.00 Å². The lowest BCUT2D eigenvalue weighted by Gasteiger charge is -2.16. The zero-order valence-corrected chi connectivity index (χ0v) is 15.1. The Kier molecular flexibility index (Phi) is 4.85. The Hall–Kier alpha value is -2.67. The minimum atomic E-state index is -1.32. The summed E-state index contributed by atoms with van der Waals surface area (Å²) in [7, 11) is 3.92. The maximum atomic E-state index is 12.7. The number of benzene rings is 2. The second kappa shape index (κ2) is 7.06. The first-order valence-electron chi connectivity index (χ1n) is 7.71. The van der Waals surface area contributed by atoms with Crippen molar-refractivity contribution in [2.45, 2.75) is 10.9 Å². The van der Waals surface area contributed by atoms with Crippen LogP contribution in [0.15, 0.2) is 47.6 Å². The van der Waals surface area contributed by atoms with Crippen molar-refractivity contribution in [2.24, 2.45) is 0 Å². The molecular weight excluding hydrogens is 338 g/mol. The number of hydrogen-bond donors (Lipinski definition) is 1. The number of para-hydroxylation sites is 1. The van der Waals surface area contributed by atoms with Crippen LogP contribution in [0.4, 0.5) is 5.69 Å². The van der Waals surface area contributed by atoms with Crippen LogP contribution in [0.3, 0.4) is 0 Å². The normalized spacial score (nSPS) is 12.1. The van der Waals surface area contributed by atoms with Crippen LogP contribution in [0.5, 0.6) is 0 Å². The molecule has 2 aromatic carbocycles. The van der Waals surface area contributed by atoms with Gasteiger partial charge in [0.25, 0.3) is 0 Å². The fourth-order valence-corrected chi connectivity index (χ4v) is 3.70. The number of nitrogens with one attached hydrogen (secondary N) is 1.